The molecule has 68 valence electrons. The zero-order valence-corrected chi connectivity index (χ0v) is 7.81. The van der Waals surface area contributed by atoms with Gasteiger partial charge in [0.2, 0.25) is 0 Å². The second kappa shape index (κ2) is 3.12. The smallest absolute Gasteiger partial charge is 0.172 e. The van der Waals surface area contributed by atoms with E-state index in [1.165, 1.54) is 0 Å². The molecule has 0 spiro atoms. The van der Waals surface area contributed by atoms with Crippen LogP contribution in [0.2, 0.25) is 0 Å². The number of imidazole rings is 1. The van der Waals surface area contributed by atoms with Crippen LogP contribution in [-0.4, -0.2) is 19.6 Å². The average Bonchev–Trinajstić information content (AvgIpc) is 2.60. The maximum atomic E-state index is 4.23. The van der Waals surface area contributed by atoms with Crippen molar-refractivity contribution in [3.05, 3.63) is 24.4 Å². The van der Waals surface area contributed by atoms with Gasteiger partial charge in [-0.15, -0.1) is 0 Å². The number of aromatic nitrogens is 4. The van der Waals surface area contributed by atoms with Crippen molar-refractivity contribution in [3.63, 3.8) is 0 Å². The van der Waals surface area contributed by atoms with Crippen molar-refractivity contribution < 1.29 is 0 Å². The van der Waals surface area contributed by atoms with Gasteiger partial charge in [-0.05, 0) is 12.3 Å². The Morgan fingerprint density at radius 2 is 2.31 bits per heavy atom. The van der Waals surface area contributed by atoms with E-state index in [1.54, 1.807) is 12.5 Å². The number of hydrogen-bond donors (Lipinski definition) is 0. The van der Waals surface area contributed by atoms with Crippen LogP contribution in [0.4, 0.5) is 0 Å². The molecule has 0 N–H and O–H groups in total. The Balaban J connectivity index is 2.57. The van der Waals surface area contributed by atoms with Crippen LogP contribution in [-0.2, 0) is 0 Å². The molecule has 0 aliphatic heterocycles. The van der Waals surface area contributed by atoms with Crippen LogP contribution in [0.15, 0.2) is 18.7 Å². The van der Waals surface area contributed by atoms with Gasteiger partial charge in [0.05, 0.1) is 18.1 Å². The molecule has 4 nitrogen and oxygen atoms in total. The van der Waals surface area contributed by atoms with E-state index in [0.717, 1.165) is 17.8 Å². The largest absolute Gasteiger partial charge is 0.239 e. The molecule has 0 bridgehead atoms. The Kier molecular flexibility index (Phi) is 1.96. The van der Waals surface area contributed by atoms with Crippen molar-refractivity contribution in [2.24, 2.45) is 0 Å². The molecule has 0 saturated carbocycles. The number of hydrogen-bond acceptors (Lipinski definition) is 3. The third kappa shape index (κ3) is 1.28. The summed E-state index contributed by atoms with van der Waals surface area (Å²) >= 11 is 0. The van der Waals surface area contributed by atoms with Gasteiger partial charge >= 0.3 is 0 Å². The predicted molar refractivity (Wildman–Crippen MR) is 49.5 cm³/mol. The fourth-order valence-corrected chi connectivity index (χ4v) is 1.31. The Morgan fingerprint density at radius 1 is 1.46 bits per heavy atom. The lowest BCUT2D eigenvalue weighted by Gasteiger charge is -2.05. The highest BCUT2D eigenvalue weighted by Crippen LogP contribution is 2.17. The lowest BCUT2D eigenvalue weighted by Crippen LogP contribution is -2.00. The van der Waals surface area contributed by atoms with E-state index in [9.17, 15) is 0 Å². The van der Waals surface area contributed by atoms with E-state index in [0.29, 0.717) is 5.92 Å². The summed E-state index contributed by atoms with van der Waals surface area (Å²) in [4.78, 5) is 8.14. The highest BCUT2D eigenvalue weighted by molar-refractivity contribution is 5.35. The van der Waals surface area contributed by atoms with Crippen LogP contribution in [0, 0.1) is 0 Å². The van der Waals surface area contributed by atoms with Crippen molar-refractivity contribution in [3.8, 4) is 0 Å². The van der Waals surface area contributed by atoms with Gasteiger partial charge in [-0.1, -0.05) is 13.8 Å². The maximum absolute atomic E-state index is 4.23. The van der Waals surface area contributed by atoms with Crippen molar-refractivity contribution in [1.82, 2.24) is 19.6 Å². The van der Waals surface area contributed by atoms with Crippen LogP contribution >= 0.6 is 0 Å². The van der Waals surface area contributed by atoms with Gasteiger partial charge in [0.1, 0.15) is 6.33 Å². The highest BCUT2D eigenvalue weighted by atomic mass is 15.3. The van der Waals surface area contributed by atoms with Crippen LogP contribution < -0.4 is 0 Å². The van der Waals surface area contributed by atoms with E-state index in [-0.39, 0.29) is 0 Å². The standard InChI is InChI=1S/C9H12N4/c1-3-7(2)8-4-11-9-5-10-6-12-13(8)9/h4-7H,3H2,1-2H3. The van der Waals surface area contributed by atoms with Crippen molar-refractivity contribution in [2.45, 2.75) is 26.2 Å². The molecule has 0 aromatic carbocycles. The van der Waals surface area contributed by atoms with E-state index in [4.69, 9.17) is 0 Å². The Hall–Kier alpha value is -1.45. The summed E-state index contributed by atoms with van der Waals surface area (Å²) in [5, 5.41) is 4.15. The molecule has 2 rings (SSSR count). The summed E-state index contributed by atoms with van der Waals surface area (Å²) in [6, 6.07) is 0. The summed E-state index contributed by atoms with van der Waals surface area (Å²) in [7, 11) is 0. The third-order valence-electron chi connectivity index (χ3n) is 2.33. The van der Waals surface area contributed by atoms with Crippen LogP contribution in [0.3, 0.4) is 0 Å². The molecule has 0 saturated heterocycles. The molecule has 1 atom stereocenters. The second-order valence-electron chi connectivity index (χ2n) is 3.17. The molecule has 2 heterocycles. The fraction of sp³-hybridized carbons (Fsp3) is 0.444. The molecule has 2 aromatic heterocycles. The first kappa shape index (κ1) is 8.16. The summed E-state index contributed by atoms with van der Waals surface area (Å²) in [6.07, 6.45) is 6.23. The Labute approximate surface area is 76.6 Å². The second-order valence-corrected chi connectivity index (χ2v) is 3.17. The fourth-order valence-electron chi connectivity index (χ4n) is 1.31. The summed E-state index contributed by atoms with van der Waals surface area (Å²) in [6.45, 7) is 4.33. The number of rotatable bonds is 2. The molecule has 0 radical (unpaired) electrons. The summed E-state index contributed by atoms with van der Waals surface area (Å²) < 4.78 is 1.85. The van der Waals surface area contributed by atoms with Gasteiger partial charge in [-0.2, -0.15) is 5.10 Å². The predicted octanol–water partition coefficient (Wildman–Crippen LogP) is 1.64. The first-order chi connectivity index (χ1) is 6.33. The Bertz CT molecular complexity index is 407. The molecule has 0 fully saturated rings. The first-order valence-electron chi connectivity index (χ1n) is 4.46. The zero-order valence-electron chi connectivity index (χ0n) is 7.81. The average molecular weight is 176 g/mol. The minimum atomic E-state index is 0.491. The molecule has 4 heteroatoms. The van der Waals surface area contributed by atoms with Crippen LogP contribution in [0.1, 0.15) is 31.9 Å². The minimum absolute atomic E-state index is 0.491. The summed E-state index contributed by atoms with van der Waals surface area (Å²) in [5.41, 5.74) is 1.97. The van der Waals surface area contributed by atoms with Gasteiger partial charge < -0.3 is 0 Å². The van der Waals surface area contributed by atoms with E-state index >= 15 is 0 Å². The highest BCUT2D eigenvalue weighted by Gasteiger charge is 2.09. The monoisotopic (exact) mass is 176 g/mol. The van der Waals surface area contributed by atoms with Gasteiger partial charge in [-0.3, -0.25) is 0 Å². The first-order valence-corrected chi connectivity index (χ1v) is 4.46. The van der Waals surface area contributed by atoms with Crippen molar-refractivity contribution >= 4 is 5.65 Å². The molecule has 13 heavy (non-hydrogen) atoms. The van der Waals surface area contributed by atoms with Crippen molar-refractivity contribution in [1.29, 1.82) is 0 Å². The van der Waals surface area contributed by atoms with E-state index in [1.807, 2.05) is 10.7 Å². The maximum Gasteiger partial charge on any atom is 0.172 e. The van der Waals surface area contributed by atoms with E-state index < -0.39 is 0 Å². The third-order valence-corrected chi connectivity index (χ3v) is 2.33. The summed E-state index contributed by atoms with van der Waals surface area (Å²) in [5.74, 6) is 0.491. The van der Waals surface area contributed by atoms with Gasteiger partial charge in [-0.25, -0.2) is 14.5 Å². The molecule has 0 aliphatic carbocycles. The molecular weight excluding hydrogens is 164 g/mol. The van der Waals surface area contributed by atoms with Crippen LogP contribution in [0.25, 0.3) is 5.65 Å². The lowest BCUT2D eigenvalue weighted by molar-refractivity contribution is 0.674. The van der Waals surface area contributed by atoms with Gasteiger partial charge in [0, 0.05) is 0 Å². The zero-order chi connectivity index (χ0) is 9.26. The van der Waals surface area contributed by atoms with E-state index in [2.05, 4.69) is 28.9 Å². The molecule has 1 unspecified atom stereocenters. The molecular formula is C9H12N4. The quantitative estimate of drug-likeness (QED) is 0.698. The number of nitrogens with zero attached hydrogens (tertiary/aromatic N) is 4. The molecule has 2 aromatic rings. The molecule has 0 aliphatic rings. The minimum Gasteiger partial charge on any atom is -0.239 e. The SMILES string of the molecule is CCC(C)c1cnc2cncnn12. The van der Waals surface area contributed by atoms with Crippen molar-refractivity contribution in [2.75, 3.05) is 0 Å². The topological polar surface area (TPSA) is 43.1 Å². The molecule has 0 amide bonds. The lowest BCUT2D eigenvalue weighted by atomic mass is 10.1. The Morgan fingerprint density at radius 3 is 3.08 bits per heavy atom. The van der Waals surface area contributed by atoms with Gasteiger partial charge in [0.25, 0.3) is 0 Å². The van der Waals surface area contributed by atoms with Crippen LogP contribution in [0.5, 0.6) is 0 Å². The normalized spacial score (nSPS) is 13.4. The number of fused-ring (bicyclic) bond motifs is 1. The van der Waals surface area contributed by atoms with Gasteiger partial charge in [0.15, 0.2) is 5.65 Å².